The molecule has 0 bridgehead atoms. The van der Waals surface area contributed by atoms with Gasteiger partial charge in [0, 0.05) is 26.1 Å². The molecule has 5 heteroatoms. The minimum Gasteiger partial charge on any atom is -0.380 e. The third-order valence-electron chi connectivity index (χ3n) is 1.95. The lowest BCUT2D eigenvalue weighted by atomic mass is 9.92. The number of carbonyl (C=O) groups is 2. The van der Waals surface area contributed by atoms with Crippen molar-refractivity contribution in [1.29, 1.82) is 0 Å². The second kappa shape index (κ2) is 8.98. The Hall–Kier alpha value is -1.10. The zero-order chi connectivity index (χ0) is 13.1. The highest BCUT2D eigenvalue weighted by atomic mass is 16.5. The van der Waals surface area contributed by atoms with Gasteiger partial charge >= 0.3 is 0 Å². The molecule has 0 aliphatic rings. The molecule has 0 aliphatic carbocycles. The van der Waals surface area contributed by atoms with Gasteiger partial charge in [0.25, 0.3) is 0 Å². The molecular formula is C12H24N2O3. The standard InChI is InChI=1S/C12H24N2O3/c1-12(2,3)9-11(16)14-5-4-7-17-8-6-13-10-15/h10H,4-9H2,1-3H3,(H,13,15)(H,14,16). The van der Waals surface area contributed by atoms with Gasteiger partial charge in [0.05, 0.1) is 6.61 Å². The first-order chi connectivity index (χ1) is 7.95. The molecule has 17 heavy (non-hydrogen) atoms. The minimum atomic E-state index is 0.0289. The fraction of sp³-hybridized carbons (Fsp3) is 0.833. The van der Waals surface area contributed by atoms with E-state index in [2.05, 4.69) is 10.6 Å². The Balaban J connectivity index is 3.28. The van der Waals surface area contributed by atoms with Crippen LogP contribution in [0, 0.1) is 5.41 Å². The highest BCUT2D eigenvalue weighted by molar-refractivity contribution is 5.76. The molecule has 0 heterocycles. The third-order valence-corrected chi connectivity index (χ3v) is 1.95. The summed E-state index contributed by atoms with van der Waals surface area (Å²) in [6, 6.07) is 0. The van der Waals surface area contributed by atoms with Gasteiger partial charge in [-0.1, -0.05) is 20.8 Å². The Morgan fingerprint density at radius 2 is 1.94 bits per heavy atom. The molecule has 0 rings (SSSR count). The molecule has 0 aromatic rings. The lowest BCUT2D eigenvalue weighted by molar-refractivity contribution is -0.122. The molecule has 0 saturated heterocycles. The summed E-state index contributed by atoms with van der Waals surface area (Å²) >= 11 is 0. The van der Waals surface area contributed by atoms with Crippen LogP contribution in [0.1, 0.15) is 33.6 Å². The van der Waals surface area contributed by atoms with Crippen molar-refractivity contribution in [3.8, 4) is 0 Å². The van der Waals surface area contributed by atoms with Crippen LogP contribution in [0.5, 0.6) is 0 Å². The van der Waals surface area contributed by atoms with E-state index in [1.54, 1.807) is 0 Å². The smallest absolute Gasteiger partial charge is 0.220 e. The van der Waals surface area contributed by atoms with Crippen molar-refractivity contribution in [3.63, 3.8) is 0 Å². The van der Waals surface area contributed by atoms with E-state index in [-0.39, 0.29) is 11.3 Å². The second-order valence-corrected chi connectivity index (χ2v) is 5.13. The molecule has 0 aromatic carbocycles. The van der Waals surface area contributed by atoms with Gasteiger partial charge in [-0.15, -0.1) is 0 Å². The topological polar surface area (TPSA) is 67.4 Å². The molecule has 0 radical (unpaired) electrons. The summed E-state index contributed by atoms with van der Waals surface area (Å²) in [5, 5.41) is 5.36. The molecule has 2 N–H and O–H groups in total. The number of rotatable bonds is 9. The fourth-order valence-electron chi connectivity index (χ4n) is 1.24. The van der Waals surface area contributed by atoms with Crippen molar-refractivity contribution in [1.82, 2.24) is 10.6 Å². The molecule has 0 unspecified atom stereocenters. The van der Waals surface area contributed by atoms with Gasteiger partial charge in [-0.3, -0.25) is 9.59 Å². The highest BCUT2D eigenvalue weighted by Gasteiger charge is 2.14. The molecular weight excluding hydrogens is 220 g/mol. The maximum atomic E-state index is 11.4. The Bertz CT molecular complexity index is 224. The number of hydrogen-bond donors (Lipinski definition) is 2. The maximum Gasteiger partial charge on any atom is 0.220 e. The van der Waals surface area contributed by atoms with Gasteiger partial charge in [-0.05, 0) is 11.8 Å². The first-order valence-electron chi connectivity index (χ1n) is 5.97. The predicted octanol–water partition coefficient (Wildman–Crippen LogP) is 0.691. The van der Waals surface area contributed by atoms with E-state index in [1.807, 2.05) is 20.8 Å². The van der Waals surface area contributed by atoms with Crippen LogP contribution in [0.3, 0.4) is 0 Å². The van der Waals surface area contributed by atoms with Crippen molar-refractivity contribution < 1.29 is 14.3 Å². The number of nitrogens with one attached hydrogen (secondary N) is 2. The maximum absolute atomic E-state index is 11.4. The SMILES string of the molecule is CC(C)(C)CC(=O)NCCCOCCNC=O. The molecule has 0 spiro atoms. The van der Waals surface area contributed by atoms with E-state index in [0.29, 0.717) is 39.1 Å². The molecule has 2 amide bonds. The van der Waals surface area contributed by atoms with E-state index >= 15 is 0 Å². The van der Waals surface area contributed by atoms with Crippen molar-refractivity contribution >= 4 is 12.3 Å². The van der Waals surface area contributed by atoms with Gasteiger partial charge in [0.15, 0.2) is 0 Å². The number of hydrogen-bond acceptors (Lipinski definition) is 3. The van der Waals surface area contributed by atoms with Crippen LogP contribution >= 0.6 is 0 Å². The Morgan fingerprint density at radius 1 is 1.24 bits per heavy atom. The van der Waals surface area contributed by atoms with Crippen LogP contribution in [-0.2, 0) is 14.3 Å². The highest BCUT2D eigenvalue weighted by Crippen LogP contribution is 2.17. The van der Waals surface area contributed by atoms with Gasteiger partial charge in [0.1, 0.15) is 0 Å². The van der Waals surface area contributed by atoms with E-state index in [0.717, 1.165) is 6.42 Å². The van der Waals surface area contributed by atoms with Crippen LogP contribution in [0.25, 0.3) is 0 Å². The molecule has 5 nitrogen and oxygen atoms in total. The normalized spacial score (nSPS) is 11.0. The Morgan fingerprint density at radius 3 is 2.53 bits per heavy atom. The zero-order valence-corrected chi connectivity index (χ0v) is 11.0. The van der Waals surface area contributed by atoms with Gasteiger partial charge < -0.3 is 15.4 Å². The largest absolute Gasteiger partial charge is 0.380 e. The summed E-state index contributed by atoms with van der Waals surface area (Å²) in [6.45, 7) is 8.38. The minimum absolute atomic E-state index is 0.0289. The van der Waals surface area contributed by atoms with E-state index in [9.17, 15) is 9.59 Å². The van der Waals surface area contributed by atoms with E-state index in [1.165, 1.54) is 0 Å². The predicted molar refractivity (Wildman–Crippen MR) is 66.6 cm³/mol. The average molecular weight is 244 g/mol. The van der Waals surface area contributed by atoms with Crippen LogP contribution in [-0.4, -0.2) is 38.6 Å². The molecule has 0 aromatic heterocycles. The van der Waals surface area contributed by atoms with Crippen molar-refractivity contribution in [2.45, 2.75) is 33.6 Å². The third kappa shape index (κ3) is 12.8. The van der Waals surface area contributed by atoms with Crippen molar-refractivity contribution in [3.05, 3.63) is 0 Å². The van der Waals surface area contributed by atoms with Gasteiger partial charge in [-0.2, -0.15) is 0 Å². The molecule has 0 fully saturated rings. The summed E-state index contributed by atoms with van der Waals surface area (Å²) in [7, 11) is 0. The van der Waals surface area contributed by atoms with Crippen LogP contribution in [0.2, 0.25) is 0 Å². The molecule has 0 saturated carbocycles. The number of carbonyl (C=O) groups excluding carboxylic acids is 2. The first kappa shape index (κ1) is 15.9. The van der Waals surface area contributed by atoms with Gasteiger partial charge in [0.2, 0.25) is 12.3 Å². The monoisotopic (exact) mass is 244 g/mol. The average Bonchev–Trinajstić information content (AvgIpc) is 2.19. The number of ether oxygens (including phenoxy) is 1. The number of amides is 2. The summed E-state index contributed by atoms with van der Waals surface area (Å²) < 4.78 is 5.25. The van der Waals surface area contributed by atoms with Crippen molar-refractivity contribution in [2.24, 2.45) is 5.41 Å². The quantitative estimate of drug-likeness (QED) is 0.463. The molecule has 0 atom stereocenters. The molecule has 0 aliphatic heterocycles. The van der Waals surface area contributed by atoms with Crippen LogP contribution < -0.4 is 10.6 Å². The summed E-state index contributed by atoms with van der Waals surface area (Å²) in [5.41, 5.74) is 0.0289. The lowest BCUT2D eigenvalue weighted by Gasteiger charge is -2.17. The Labute approximate surface area is 103 Å². The molecule has 100 valence electrons. The Kier molecular flexibility index (Phi) is 8.40. The van der Waals surface area contributed by atoms with E-state index in [4.69, 9.17) is 4.74 Å². The summed E-state index contributed by atoms with van der Waals surface area (Å²) in [6.07, 6.45) is 1.98. The summed E-state index contributed by atoms with van der Waals surface area (Å²) in [5.74, 6) is 0.0834. The zero-order valence-electron chi connectivity index (χ0n) is 11.0. The van der Waals surface area contributed by atoms with Crippen molar-refractivity contribution in [2.75, 3.05) is 26.3 Å². The second-order valence-electron chi connectivity index (χ2n) is 5.13. The van der Waals surface area contributed by atoms with E-state index < -0.39 is 0 Å². The van der Waals surface area contributed by atoms with Crippen LogP contribution in [0.4, 0.5) is 0 Å². The summed E-state index contributed by atoms with van der Waals surface area (Å²) in [4.78, 5) is 21.3. The van der Waals surface area contributed by atoms with Crippen LogP contribution in [0.15, 0.2) is 0 Å². The van der Waals surface area contributed by atoms with Gasteiger partial charge in [-0.25, -0.2) is 0 Å². The first-order valence-corrected chi connectivity index (χ1v) is 5.97. The fourth-order valence-corrected chi connectivity index (χ4v) is 1.24. The lowest BCUT2D eigenvalue weighted by Crippen LogP contribution is -2.29.